The molecule has 0 saturated heterocycles. The van der Waals surface area contributed by atoms with Gasteiger partial charge < -0.3 is 15.8 Å². The van der Waals surface area contributed by atoms with E-state index in [1.54, 1.807) is 0 Å². The Morgan fingerprint density at radius 2 is 2.26 bits per heavy atom. The minimum absolute atomic E-state index is 0.0228. The predicted molar refractivity (Wildman–Crippen MR) is 73.3 cm³/mol. The molecule has 1 amide bonds. The van der Waals surface area contributed by atoms with Gasteiger partial charge in [0.2, 0.25) is 5.91 Å². The normalized spacial score (nSPS) is 28.3. The van der Waals surface area contributed by atoms with Gasteiger partial charge in [-0.05, 0) is 25.7 Å². The third-order valence-electron chi connectivity index (χ3n) is 3.70. The summed E-state index contributed by atoms with van der Waals surface area (Å²) < 4.78 is 4.95. The summed E-state index contributed by atoms with van der Waals surface area (Å²) in [6.07, 6.45) is 6.63. The topological polar surface area (TPSA) is 81.4 Å². The van der Waals surface area contributed by atoms with Crippen LogP contribution < -0.4 is 11.1 Å². The van der Waals surface area contributed by atoms with E-state index in [0.717, 1.165) is 12.8 Å². The van der Waals surface area contributed by atoms with E-state index in [9.17, 15) is 9.59 Å². The van der Waals surface area contributed by atoms with Crippen molar-refractivity contribution in [3.05, 3.63) is 12.2 Å². The first-order valence-electron chi connectivity index (χ1n) is 6.74. The summed E-state index contributed by atoms with van der Waals surface area (Å²) in [5.74, 6) is -0.450. The van der Waals surface area contributed by atoms with Gasteiger partial charge in [-0.2, -0.15) is 0 Å². The number of esters is 1. The quantitative estimate of drug-likeness (QED) is 0.578. The highest BCUT2D eigenvalue weighted by Gasteiger charge is 2.50. The highest BCUT2D eigenvalue weighted by molar-refractivity contribution is 5.81. The molecule has 0 radical (unpaired) electrons. The Bertz CT molecular complexity index is 368. The minimum Gasteiger partial charge on any atom is -0.469 e. The number of allylic oxidation sites excluding steroid dienone is 1. The van der Waals surface area contributed by atoms with Crippen LogP contribution in [0.3, 0.4) is 0 Å². The number of amides is 1. The van der Waals surface area contributed by atoms with E-state index in [-0.39, 0.29) is 24.0 Å². The Kier molecular flexibility index (Phi) is 5.54. The third-order valence-corrected chi connectivity index (χ3v) is 3.70. The molecule has 5 heteroatoms. The zero-order valence-electron chi connectivity index (χ0n) is 11.9. The van der Waals surface area contributed by atoms with Gasteiger partial charge >= 0.3 is 5.97 Å². The lowest BCUT2D eigenvalue weighted by Crippen LogP contribution is -2.50. The van der Waals surface area contributed by atoms with Crippen molar-refractivity contribution in [3.8, 4) is 0 Å². The lowest BCUT2D eigenvalue weighted by Gasteiger charge is -2.33. The fourth-order valence-electron chi connectivity index (χ4n) is 2.77. The number of rotatable bonds is 5. The van der Waals surface area contributed by atoms with Gasteiger partial charge in [0.05, 0.1) is 18.6 Å². The van der Waals surface area contributed by atoms with E-state index in [1.807, 2.05) is 19.1 Å². The molecule has 0 aromatic rings. The molecule has 1 saturated carbocycles. The molecule has 1 rings (SSSR count). The van der Waals surface area contributed by atoms with E-state index in [4.69, 9.17) is 10.5 Å². The van der Waals surface area contributed by atoms with Gasteiger partial charge in [0.1, 0.15) is 0 Å². The number of nitrogens with one attached hydrogen (secondary N) is 1. The molecule has 19 heavy (non-hydrogen) atoms. The van der Waals surface area contributed by atoms with Gasteiger partial charge in [-0.1, -0.05) is 19.1 Å². The Morgan fingerprint density at radius 3 is 2.68 bits per heavy atom. The fraction of sp³-hybridized carbons (Fsp3) is 0.714. The first kappa shape index (κ1) is 15.7. The van der Waals surface area contributed by atoms with Crippen LogP contribution in [0.25, 0.3) is 0 Å². The number of carbonyl (C=O) groups excluding carboxylic acids is 2. The van der Waals surface area contributed by atoms with E-state index >= 15 is 0 Å². The summed E-state index contributed by atoms with van der Waals surface area (Å²) in [4.78, 5) is 23.6. The van der Waals surface area contributed by atoms with Crippen LogP contribution in [-0.2, 0) is 14.3 Å². The van der Waals surface area contributed by atoms with Gasteiger partial charge in [0, 0.05) is 13.0 Å². The fourth-order valence-corrected chi connectivity index (χ4v) is 2.77. The molecule has 5 nitrogen and oxygen atoms in total. The van der Waals surface area contributed by atoms with Crippen LogP contribution in [0.1, 0.15) is 39.5 Å². The van der Waals surface area contributed by atoms with Gasteiger partial charge in [-0.15, -0.1) is 0 Å². The third kappa shape index (κ3) is 3.56. The van der Waals surface area contributed by atoms with Crippen molar-refractivity contribution in [1.82, 2.24) is 5.32 Å². The predicted octanol–water partition coefficient (Wildman–Crippen LogP) is 1.13. The Morgan fingerprint density at radius 1 is 1.58 bits per heavy atom. The Balaban J connectivity index is 3.06. The molecule has 108 valence electrons. The monoisotopic (exact) mass is 268 g/mol. The molecule has 2 unspecified atom stereocenters. The maximum atomic E-state index is 12.2. The summed E-state index contributed by atoms with van der Waals surface area (Å²) in [7, 11) is 1.38. The molecule has 0 heterocycles. The van der Waals surface area contributed by atoms with Crippen LogP contribution in [0.4, 0.5) is 0 Å². The zero-order chi connectivity index (χ0) is 14.5. The van der Waals surface area contributed by atoms with Gasteiger partial charge in [-0.3, -0.25) is 9.59 Å². The van der Waals surface area contributed by atoms with Gasteiger partial charge in [0.25, 0.3) is 0 Å². The lowest BCUT2D eigenvalue weighted by atomic mass is 9.77. The molecule has 3 N–H and O–H groups in total. The maximum Gasteiger partial charge on any atom is 0.314 e. The number of hydrogen-bond donors (Lipinski definition) is 2. The van der Waals surface area contributed by atoms with Crippen LogP contribution in [-0.4, -0.2) is 31.1 Å². The van der Waals surface area contributed by atoms with Crippen LogP contribution in [0.15, 0.2) is 12.2 Å². The molecule has 1 aliphatic rings. The second-order valence-electron chi connectivity index (χ2n) is 5.17. The highest BCUT2D eigenvalue weighted by Crippen LogP contribution is 2.42. The molecule has 0 aliphatic heterocycles. The van der Waals surface area contributed by atoms with Crippen LogP contribution in [0, 0.1) is 5.41 Å². The molecule has 0 aromatic heterocycles. The first-order chi connectivity index (χ1) is 8.96. The smallest absolute Gasteiger partial charge is 0.314 e. The zero-order valence-corrected chi connectivity index (χ0v) is 11.9. The second kappa shape index (κ2) is 6.70. The highest BCUT2D eigenvalue weighted by atomic mass is 16.5. The second-order valence-corrected chi connectivity index (χ2v) is 5.17. The van der Waals surface area contributed by atoms with Crippen molar-refractivity contribution in [1.29, 1.82) is 0 Å². The van der Waals surface area contributed by atoms with Crippen molar-refractivity contribution in [2.45, 2.75) is 51.6 Å². The molecule has 1 aliphatic carbocycles. The van der Waals surface area contributed by atoms with Crippen molar-refractivity contribution in [3.63, 3.8) is 0 Å². The van der Waals surface area contributed by atoms with Crippen molar-refractivity contribution >= 4 is 11.9 Å². The maximum absolute atomic E-state index is 12.2. The number of carbonyl (C=O) groups is 2. The van der Waals surface area contributed by atoms with Gasteiger partial charge in [0.15, 0.2) is 0 Å². The average molecular weight is 268 g/mol. The molecular weight excluding hydrogens is 244 g/mol. The molecule has 0 bridgehead atoms. The summed E-state index contributed by atoms with van der Waals surface area (Å²) in [6, 6.07) is -0.378. The van der Waals surface area contributed by atoms with Crippen LogP contribution in [0.2, 0.25) is 0 Å². The number of methoxy groups -OCH3 is 1. The van der Waals surface area contributed by atoms with Gasteiger partial charge in [-0.25, -0.2) is 0 Å². The summed E-state index contributed by atoms with van der Waals surface area (Å²) in [6.45, 7) is 3.46. The SMILES string of the molecule is CCC=CC(NC(C)=O)C1(C(=O)OC)CC[C@@H](N)C1. The van der Waals surface area contributed by atoms with E-state index in [0.29, 0.717) is 12.8 Å². The van der Waals surface area contributed by atoms with Crippen molar-refractivity contribution in [2.75, 3.05) is 7.11 Å². The molecule has 0 spiro atoms. The number of hydrogen-bond acceptors (Lipinski definition) is 4. The van der Waals surface area contributed by atoms with Crippen LogP contribution >= 0.6 is 0 Å². The molecule has 0 aromatic carbocycles. The average Bonchev–Trinajstić information content (AvgIpc) is 2.76. The summed E-state index contributed by atoms with van der Waals surface area (Å²) >= 11 is 0. The van der Waals surface area contributed by atoms with E-state index in [2.05, 4.69) is 5.32 Å². The van der Waals surface area contributed by atoms with E-state index < -0.39 is 5.41 Å². The van der Waals surface area contributed by atoms with Crippen LogP contribution in [0.5, 0.6) is 0 Å². The van der Waals surface area contributed by atoms with Crippen molar-refractivity contribution in [2.24, 2.45) is 11.1 Å². The van der Waals surface area contributed by atoms with Crippen molar-refractivity contribution < 1.29 is 14.3 Å². The molecular formula is C14H24N2O3. The largest absolute Gasteiger partial charge is 0.469 e. The Labute approximate surface area is 114 Å². The number of ether oxygens (including phenoxy) is 1. The molecule has 3 atom stereocenters. The molecule has 1 fully saturated rings. The summed E-state index contributed by atoms with van der Waals surface area (Å²) in [5.41, 5.74) is 5.22. The first-order valence-corrected chi connectivity index (χ1v) is 6.74. The number of nitrogens with two attached hydrogens (primary N) is 1. The standard InChI is InChI=1S/C14H24N2O3/c1-4-5-6-12(16-10(2)17)14(13(18)19-3)8-7-11(15)9-14/h5-6,11-12H,4,7-9,15H2,1-3H3,(H,16,17)/t11-,12?,14?/m1/s1. The Hall–Kier alpha value is -1.36. The minimum atomic E-state index is -0.731. The lowest BCUT2D eigenvalue weighted by molar-refractivity contribution is -0.154. The summed E-state index contributed by atoms with van der Waals surface area (Å²) in [5, 5.41) is 2.85. The van der Waals surface area contributed by atoms with E-state index in [1.165, 1.54) is 14.0 Å².